The molecule has 1 fully saturated rings. The zero-order chi connectivity index (χ0) is 16.6. The van der Waals surface area contributed by atoms with Crippen LogP contribution in [0.1, 0.15) is 11.1 Å². The molecule has 0 unspecified atom stereocenters. The smallest absolute Gasteiger partial charge is 0.281 e. The molecule has 0 aromatic heterocycles. The summed E-state index contributed by atoms with van der Waals surface area (Å²) >= 11 is 17.2. The minimum atomic E-state index is -0.208. The minimum Gasteiger partial charge on any atom is -0.327 e. The van der Waals surface area contributed by atoms with E-state index in [0.717, 1.165) is 11.1 Å². The van der Waals surface area contributed by atoms with E-state index in [-0.39, 0.29) is 5.91 Å². The summed E-state index contributed by atoms with van der Waals surface area (Å²) in [5.41, 5.74) is 2.82. The van der Waals surface area contributed by atoms with Gasteiger partial charge in [0.2, 0.25) is 0 Å². The Morgan fingerprint density at radius 2 is 1.87 bits per heavy atom. The number of hydrogen-bond donors (Lipinski definition) is 1. The van der Waals surface area contributed by atoms with E-state index in [0.29, 0.717) is 26.5 Å². The number of aryl methyl sites for hydroxylation is 1. The Morgan fingerprint density at radius 3 is 2.57 bits per heavy atom. The number of halogens is 2. The molecule has 0 atom stereocenters. The van der Waals surface area contributed by atoms with Gasteiger partial charge in [0.25, 0.3) is 5.91 Å². The van der Waals surface area contributed by atoms with Crippen LogP contribution >= 0.6 is 35.4 Å². The first-order valence-corrected chi connectivity index (χ1v) is 8.01. The van der Waals surface area contributed by atoms with Crippen molar-refractivity contribution >= 4 is 58.2 Å². The average molecular weight is 363 g/mol. The lowest BCUT2D eigenvalue weighted by Gasteiger charge is -2.16. The lowest BCUT2D eigenvalue weighted by molar-refractivity contribution is -0.113. The summed E-state index contributed by atoms with van der Waals surface area (Å²) in [4.78, 5) is 14.2. The zero-order valence-electron chi connectivity index (χ0n) is 12.1. The van der Waals surface area contributed by atoms with Crippen LogP contribution in [-0.4, -0.2) is 11.0 Å². The Kier molecular flexibility index (Phi) is 4.39. The van der Waals surface area contributed by atoms with E-state index in [9.17, 15) is 4.79 Å². The van der Waals surface area contributed by atoms with Crippen molar-refractivity contribution in [3.05, 3.63) is 69.3 Å². The van der Waals surface area contributed by atoms with Gasteiger partial charge in [-0.25, -0.2) is 0 Å². The summed E-state index contributed by atoms with van der Waals surface area (Å²) in [6.45, 7) is 1.88. The summed E-state index contributed by atoms with van der Waals surface area (Å²) < 4.78 is 0. The van der Waals surface area contributed by atoms with Crippen LogP contribution in [0.5, 0.6) is 0 Å². The van der Waals surface area contributed by atoms with Crippen LogP contribution < -0.4 is 10.2 Å². The van der Waals surface area contributed by atoms with Gasteiger partial charge in [-0.1, -0.05) is 35.3 Å². The molecule has 2 aromatic carbocycles. The Bertz CT molecular complexity index is 848. The molecule has 1 saturated heterocycles. The van der Waals surface area contributed by atoms with Crippen molar-refractivity contribution in [1.29, 1.82) is 0 Å². The van der Waals surface area contributed by atoms with Gasteiger partial charge in [-0.3, -0.25) is 9.69 Å². The molecule has 23 heavy (non-hydrogen) atoms. The van der Waals surface area contributed by atoms with Gasteiger partial charge in [0, 0.05) is 10.0 Å². The molecule has 0 radical (unpaired) electrons. The van der Waals surface area contributed by atoms with E-state index in [4.69, 9.17) is 35.4 Å². The number of benzene rings is 2. The lowest BCUT2D eigenvalue weighted by Crippen LogP contribution is -2.30. The van der Waals surface area contributed by atoms with Crippen molar-refractivity contribution in [2.24, 2.45) is 0 Å². The third-order valence-corrected chi connectivity index (χ3v) is 4.19. The van der Waals surface area contributed by atoms with Crippen molar-refractivity contribution in [3.8, 4) is 0 Å². The first kappa shape index (κ1) is 16.0. The van der Waals surface area contributed by atoms with E-state index < -0.39 is 0 Å². The normalized spacial score (nSPS) is 16.1. The van der Waals surface area contributed by atoms with Crippen LogP contribution in [0.4, 0.5) is 5.69 Å². The number of rotatable bonds is 2. The summed E-state index contributed by atoms with van der Waals surface area (Å²) in [7, 11) is 0. The molecule has 2 aromatic rings. The largest absolute Gasteiger partial charge is 0.327 e. The number of hydrogen-bond acceptors (Lipinski definition) is 2. The standard InChI is InChI=1S/C17H12Cl2N2OS/c1-10-7-13(19)5-6-15(10)21-16(22)14(20-17(21)23)9-11-3-2-4-12(18)8-11/h2-9H,1H3,(H,20,23)/b14-9+. The number of carbonyl (C=O) groups is 1. The van der Waals surface area contributed by atoms with E-state index in [1.54, 1.807) is 36.4 Å². The molecular weight excluding hydrogens is 351 g/mol. The van der Waals surface area contributed by atoms with Crippen LogP contribution in [0.25, 0.3) is 6.08 Å². The van der Waals surface area contributed by atoms with Crippen molar-refractivity contribution in [1.82, 2.24) is 5.32 Å². The number of amides is 1. The fraction of sp³-hybridized carbons (Fsp3) is 0.0588. The van der Waals surface area contributed by atoms with Gasteiger partial charge in [-0.15, -0.1) is 0 Å². The molecule has 1 heterocycles. The third kappa shape index (κ3) is 3.24. The van der Waals surface area contributed by atoms with E-state index in [2.05, 4.69) is 5.32 Å². The highest BCUT2D eigenvalue weighted by atomic mass is 35.5. The summed E-state index contributed by atoms with van der Waals surface area (Å²) in [5.74, 6) is -0.208. The summed E-state index contributed by atoms with van der Waals surface area (Å²) in [5, 5.41) is 4.52. The van der Waals surface area contributed by atoms with Crippen LogP contribution in [0.2, 0.25) is 10.0 Å². The highest BCUT2D eigenvalue weighted by Crippen LogP contribution is 2.28. The molecular formula is C17H12Cl2N2OS. The quantitative estimate of drug-likeness (QED) is 0.627. The van der Waals surface area contributed by atoms with Gasteiger partial charge in [-0.05, 0) is 66.7 Å². The maximum absolute atomic E-state index is 12.7. The maximum atomic E-state index is 12.7. The van der Waals surface area contributed by atoms with Crippen LogP contribution in [-0.2, 0) is 4.79 Å². The fourth-order valence-corrected chi connectivity index (χ4v) is 3.10. The third-order valence-electron chi connectivity index (χ3n) is 3.44. The van der Waals surface area contributed by atoms with Gasteiger partial charge < -0.3 is 5.32 Å². The molecule has 0 saturated carbocycles. The molecule has 1 amide bonds. The van der Waals surface area contributed by atoms with Gasteiger partial charge in [-0.2, -0.15) is 0 Å². The van der Waals surface area contributed by atoms with Crippen molar-refractivity contribution in [2.45, 2.75) is 6.92 Å². The average Bonchev–Trinajstić information content (AvgIpc) is 2.74. The van der Waals surface area contributed by atoms with Crippen molar-refractivity contribution in [2.75, 3.05) is 4.90 Å². The second-order valence-electron chi connectivity index (χ2n) is 5.11. The number of nitrogens with zero attached hydrogens (tertiary/aromatic N) is 1. The maximum Gasteiger partial charge on any atom is 0.281 e. The van der Waals surface area contributed by atoms with E-state index >= 15 is 0 Å². The highest BCUT2D eigenvalue weighted by molar-refractivity contribution is 7.80. The van der Waals surface area contributed by atoms with Crippen molar-refractivity contribution < 1.29 is 4.79 Å². The van der Waals surface area contributed by atoms with Gasteiger partial charge in [0.1, 0.15) is 5.70 Å². The van der Waals surface area contributed by atoms with Crippen molar-refractivity contribution in [3.63, 3.8) is 0 Å². The topological polar surface area (TPSA) is 32.3 Å². The number of anilines is 1. The fourth-order valence-electron chi connectivity index (χ4n) is 2.39. The number of thiocarbonyl (C=S) groups is 1. The minimum absolute atomic E-state index is 0.208. The molecule has 0 spiro atoms. The molecule has 3 nitrogen and oxygen atoms in total. The van der Waals surface area contributed by atoms with Gasteiger partial charge in [0.05, 0.1) is 5.69 Å². The molecule has 0 aliphatic carbocycles. The molecule has 1 aliphatic rings. The van der Waals surface area contributed by atoms with Crippen LogP contribution in [0.3, 0.4) is 0 Å². The predicted molar refractivity (Wildman–Crippen MR) is 98.8 cm³/mol. The Labute approximate surface area is 149 Å². The SMILES string of the molecule is Cc1cc(Cl)ccc1N1C(=O)/C(=C\c2cccc(Cl)c2)NC1=S. The molecule has 3 rings (SSSR count). The zero-order valence-corrected chi connectivity index (χ0v) is 14.5. The molecule has 1 N–H and O–H groups in total. The first-order valence-electron chi connectivity index (χ1n) is 6.84. The lowest BCUT2D eigenvalue weighted by atomic mass is 10.1. The monoisotopic (exact) mass is 362 g/mol. The Hall–Kier alpha value is -1.88. The number of carbonyl (C=O) groups excluding carboxylic acids is 1. The van der Waals surface area contributed by atoms with Crippen LogP contribution in [0.15, 0.2) is 48.2 Å². The molecule has 1 aliphatic heterocycles. The Balaban J connectivity index is 1.97. The highest BCUT2D eigenvalue weighted by Gasteiger charge is 2.32. The number of nitrogens with one attached hydrogen (secondary N) is 1. The second-order valence-corrected chi connectivity index (χ2v) is 6.37. The molecule has 6 heteroatoms. The molecule has 116 valence electrons. The second kappa shape index (κ2) is 6.32. The van der Waals surface area contributed by atoms with Gasteiger partial charge >= 0.3 is 0 Å². The van der Waals surface area contributed by atoms with Gasteiger partial charge in [0.15, 0.2) is 5.11 Å². The summed E-state index contributed by atoms with van der Waals surface area (Å²) in [6.07, 6.45) is 1.73. The first-order chi connectivity index (χ1) is 11.0. The Morgan fingerprint density at radius 1 is 1.13 bits per heavy atom. The molecule has 0 bridgehead atoms. The van der Waals surface area contributed by atoms with Crippen LogP contribution in [0, 0.1) is 6.92 Å². The predicted octanol–water partition coefficient (Wildman–Crippen LogP) is 4.56. The summed E-state index contributed by atoms with van der Waals surface area (Å²) in [6, 6.07) is 12.6. The van der Waals surface area contributed by atoms with E-state index in [1.807, 2.05) is 19.1 Å². The van der Waals surface area contributed by atoms with E-state index in [1.165, 1.54) is 4.90 Å².